The molecule has 0 spiro atoms. The molecule has 114 valence electrons. The standard InChI is InChI=1S/C16H24N4S/c1-11(2)15-6-13(8-17-4)7-16(19-15)20(5)9-14-10-21-12(3)18-14/h6-7,10-11,17H,8-9H2,1-5H3. The maximum atomic E-state index is 4.79. The summed E-state index contributed by atoms with van der Waals surface area (Å²) in [5.41, 5.74) is 3.51. The van der Waals surface area contributed by atoms with Crippen LogP contribution in [0.15, 0.2) is 17.5 Å². The Morgan fingerprint density at radius 3 is 2.62 bits per heavy atom. The number of hydrogen-bond donors (Lipinski definition) is 1. The summed E-state index contributed by atoms with van der Waals surface area (Å²) in [6.45, 7) is 8.05. The third kappa shape index (κ3) is 4.25. The second-order valence-corrected chi connectivity index (χ2v) is 6.72. The van der Waals surface area contributed by atoms with Crippen LogP contribution < -0.4 is 10.2 Å². The molecular formula is C16H24N4S. The molecule has 0 saturated carbocycles. The monoisotopic (exact) mass is 304 g/mol. The first-order chi connectivity index (χ1) is 9.99. The van der Waals surface area contributed by atoms with E-state index in [0.29, 0.717) is 5.92 Å². The van der Waals surface area contributed by atoms with Gasteiger partial charge in [-0.15, -0.1) is 11.3 Å². The second-order valence-electron chi connectivity index (χ2n) is 5.66. The Bertz CT molecular complexity index is 592. The average molecular weight is 304 g/mol. The van der Waals surface area contributed by atoms with E-state index in [-0.39, 0.29) is 0 Å². The van der Waals surface area contributed by atoms with E-state index in [0.717, 1.165) is 35.3 Å². The lowest BCUT2D eigenvalue weighted by atomic mass is 10.1. The first kappa shape index (κ1) is 15.9. The van der Waals surface area contributed by atoms with E-state index in [2.05, 4.69) is 53.6 Å². The predicted molar refractivity (Wildman–Crippen MR) is 90.0 cm³/mol. The number of pyridine rings is 1. The van der Waals surface area contributed by atoms with Gasteiger partial charge in [0.25, 0.3) is 0 Å². The summed E-state index contributed by atoms with van der Waals surface area (Å²) in [6, 6.07) is 4.34. The lowest BCUT2D eigenvalue weighted by Crippen LogP contribution is -2.19. The number of nitrogens with one attached hydrogen (secondary N) is 1. The Balaban J connectivity index is 2.24. The molecule has 0 amide bonds. The molecule has 0 fully saturated rings. The van der Waals surface area contributed by atoms with Crippen LogP contribution in [0.3, 0.4) is 0 Å². The number of hydrogen-bond acceptors (Lipinski definition) is 5. The van der Waals surface area contributed by atoms with Crippen molar-refractivity contribution < 1.29 is 0 Å². The van der Waals surface area contributed by atoms with Crippen LogP contribution in [-0.4, -0.2) is 24.1 Å². The molecule has 0 aliphatic carbocycles. The Morgan fingerprint density at radius 1 is 1.29 bits per heavy atom. The van der Waals surface area contributed by atoms with Crippen molar-refractivity contribution in [3.63, 3.8) is 0 Å². The number of aromatic nitrogens is 2. The van der Waals surface area contributed by atoms with Gasteiger partial charge in [-0.1, -0.05) is 13.8 Å². The van der Waals surface area contributed by atoms with Crippen LogP contribution in [-0.2, 0) is 13.1 Å². The zero-order valence-corrected chi connectivity index (χ0v) is 14.3. The summed E-state index contributed by atoms with van der Waals surface area (Å²) >= 11 is 1.69. The van der Waals surface area contributed by atoms with Crippen molar-refractivity contribution >= 4 is 17.2 Å². The predicted octanol–water partition coefficient (Wildman–Crippen LogP) is 3.33. The van der Waals surface area contributed by atoms with Crippen molar-refractivity contribution in [3.8, 4) is 0 Å². The van der Waals surface area contributed by atoms with Gasteiger partial charge in [0.2, 0.25) is 0 Å². The van der Waals surface area contributed by atoms with Gasteiger partial charge < -0.3 is 10.2 Å². The molecule has 0 aliphatic rings. The Hall–Kier alpha value is -1.46. The van der Waals surface area contributed by atoms with Crippen LogP contribution in [0, 0.1) is 6.92 Å². The van der Waals surface area contributed by atoms with Gasteiger partial charge in [0.05, 0.1) is 17.2 Å². The lowest BCUT2D eigenvalue weighted by Gasteiger charge is -2.20. The summed E-state index contributed by atoms with van der Waals surface area (Å²) < 4.78 is 0. The van der Waals surface area contributed by atoms with Crippen molar-refractivity contribution in [2.75, 3.05) is 19.0 Å². The van der Waals surface area contributed by atoms with Gasteiger partial charge in [0, 0.05) is 24.7 Å². The van der Waals surface area contributed by atoms with Gasteiger partial charge in [0.15, 0.2) is 0 Å². The largest absolute Gasteiger partial charge is 0.354 e. The maximum Gasteiger partial charge on any atom is 0.129 e. The minimum Gasteiger partial charge on any atom is -0.354 e. The highest BCUT2D eigenvalue weighted by Gasteiger charge is 2.11. The molecule has 2 aromatic heterocycles. The van der Waals surface area contributed by atoms with E-state index in [1.54, 1.807) is 11.3 Å². The fourth-order valence-corrected chi connectivity index (χ4v) is 2.80. The van der Waals surface area contributed by atoms with Gasteiger partial charge in [-0.05, 0) is 37.6 Å². The summed E-state index contributed by atoms with van der Waals surface area (Å²) in [5.74, 6) is 1.44. The molecule has 0 radical (unpaired) electrons. The Morgan fingerprint density at radius 2 is 2.05 bits per heavy atom. The Labute approximate surface area is 131 Å². The van der Waals surface area contributed by atoms with Crippen molar-refractivity contribution in [2.45, 2.75) is 39.8 Å². The first-order valence-corrected chi connectivity index (χ1v) is 8.15. The highest BCUT2D eigenvalue weighted by molar-refractivity contribution is 7.09. The zero-order valence-electron chi connectivity index (χ0n) is 13.5. The minimum atomic E-state index is 0.426. The van der Waals surface area contributed by atoms with E-state index < -0.39 is 0 Å². The topological polar surface area (TPSA) is 41.1 Å². The molecule has 1 N–H and O–H groups in total. The molecule has 0 saturated heterocycles. The van der Waals surface area contributed by atoms with Crippen LogP contribution in [0.5, 0.6) is 0 Å². The van der Waals surface area contributed by atoms with Crippen LogP contribution >= 0.6 is 11.3 Å². The molecule has 2 rings (SSSR count). The fraction of sp³-hybridized carbons (Fsp3) is 0.500. The van der Waals surface area contributed by atoms with Gasteiger partial charge in [0.1, 0.15) is 5.82 Å². The molecule has 21 heavy (non-hydrogen) atoms. The fourth-order valence-electron chi connectivity index (χ4n) is 2.20. The summed E-state index contributed by atoms with van der Waals surface area (Å²) in [6.07, 6.45) is 0. The lowest BCUT2D eigenvalue weighted by molar-refractivity contribution is 0.775. The van der Waals surface area contributed by atoms with E-state index in [4.69, 9.17) is 4.98 Å². The molecule has 4 nitrogen and oxygen atoms in total. The SMILES string of the molecule is CNCc1cc(C(C)C)nc(N(C)Cc2csc(C)n2)c1. The Kier molecular flexibility index (Phi) is 5.31. The van der Waals surface area contributed by atoms with Crippen molar-refractivity contribution in [3.05, 3.63) is 39.5 Å². The third-order valence-corrected chi connectivity index (χ3v) is 4.14. The van der Waals surface area contributed by atoms with Crippen molar-refractivity contribution in [2.24, 2.45) is 0 Å². The van der Waals surface area contributed by atoms with E-state index in [1.165, 1.54) is 5.56 Å². The number of rotatable bonds is 6. The molecular weight excluding hydrogens is 280 g/mol. The molecule has 0 aromatic carbocycles. The van der Waals surface area contributed by atoms with Crippen LogP contribution in [0.2, 0.25) is 0 Å². The second kappa shape index (κ2) is 7.00. The summed E-state index contributed by atoms with van der Waals surface area (Å²) in [5, 5.41) is 6.44. The molecule has 0 aliphatic heterocycles. The highest BCUT2D eigenvalue weighted by Crippen LogP contribution is 2.21. The quantitative estimate of drug-likeness (QED) is 0.889. The van der Waals surface area contributed by atoms with Gasteiger partial charge in [-0.2, -0.15) is 0 Å². The average Bonchev–Trinajstić information content (AvgIpc) is 2.84. The first-order valence-electron chi connectivity index (χ1n) is 7.27. The maximum absolute atomic E-state index is 4.79. The van der Waals surface area contributed by atoms with Crippen LogP contribution in [0.4, 0.5) is 5.82 Å². The third-order valence-electron chi connectivity index (χ3n) is 3.32. The molecule has 5 heteroatoms. The molecule has 2 heterocycles. The number of nitrogens with zero attached hydrogens (tertiary/aromatic N) is 3. The van der Waals surface area contributed by atoms with E-state index >= 15 is 0 Å². The van der Waals surface area contributed by atoms with Gasteiger partial charge in [-0.3, -0.25) is 0 Å². The van der Waals surface area contributed by atoms with E-state index in [9.17, 15) is 0 Å². The van der Waals surface area contributed by atoms with Crippen LogP contribution in [0.1, 0.15) is 41.7 Å². The molecule has 0 bridgehead atoms. The number of aryl methyl sites for hydroxylation is 1. The van der Waals surface area contributed by atoms with Gasteiger partial charge >= 0.3 is 0 Å². The smallest absolute Gasteiger partial charge is 0.129 e. The van der Waals surface area contributed by atoms with Crippen molar-refractivity contribution in [1.29, 1.82) is 0 Å². The zero-order chi connectivity index (χ0) is 15.4. The number of thiazole rings is 1. The van der Waals surface area contributed by atoms with Crippen molar-refractivity contribution in [1.82, 2.24) is 15.3 Å². The van der Waals surface area contributed by atoms with E-state index in [1.807, 2.05) is 14.0 Å². The number of anilines is 1. The molecule has 0 atom stereocenters. The molecule has 0 unspecified atom stereocenters. The molecule has 2 aromatic rings. The minimum absolute atomic E-state index is 0.426. The summed E-state index contributed by atoms with van der Waals surface area (Å²) in [4.78, 5) is 11.5. The van der Waals surface area contributed by atoms with Crippen LogP contribution in [0.25, 0.3) is 0 Å². The normalized spacial score (nSPS) is 11.1. The van der Waals surface area contributed by atoms with Gasteiger partial charge in [-0.25, -0.2) is 9.97 Å². The summed E-state index contributed by atoms with van der Waals surface area (Å²) in [7, 11) is 4.04. The highest BCUT2D eigenvalue weighted by atomic mass is 32.1.